The Morgan fingerprint density at radius 1 is 0.972 bits per heavy atom. The van der Waals surface area contributed by atoms with Crippen molar-refractivity contribution in [3.63, 3.8) is 0 Å². The quantitative estimate of drug-likeness (QED) is 0.117. The summed E-state index contributed by atoms with van der Waals surface area (Å²) in [6.45, 7) is 0. The van der Waals surface area contributed by atoms with Crippen molar-refractivity contribution >= 4 is 45.7 Å². The molecule has 1 aliphatic rings. The Morgan fingerprint density at radius 3 is 2.39 bits per heavy atom. The second kappa shape index (κ2) is 9.92. The molecule has 2 N–H and O–H groups in total. The van der Waals surface area contributed by atoms with Crippen molar-refractivity contribution in [2.75, 3.05) is 4.90 Å². The predicted octanol–water partition coefficient (Wildman–Crippen LogP) is 5.30. The summed E-state index contributed by atoms with van der Waals surface area (Å²) in [4.78, 5) is 27.6. The van der Waals surface area contributed by atoms with Gasteiger partial charge < -0.3 is 10.2 Å². The summed E-state index contributed by atoms with van der Waals surface area (Å²) < 4.78 is 14.5. The lowest BCUT2D eigenvalue weighted by Crippen LogP contribution is -2.29. The molecule has 1 amide bonds. The van der Waals surface area contributed by atoms with Gasteiger partial charge in [-0.2, -0.15) is 0 Å². The number of hydrogen-bond acceptors (Lipinski definition) is 8. The molecule has 0 radical (unpaired) electrons. The molecule has 0 bridgehead atoms. The van der Waals surface area contributed by atoms with Crippen molar-refractivity contribution in [2.24, 2.45) is 0 Å². The number of amides is 1. The standard InChI is InChI=1S/C26H18FN3O4S2/c27-19-9-5-4-8-17(19)14-35-26-29-28-25(36-26)30-21(15-10-12-18(31)13-11-15)20(23(33)24(30)34)22(32)16-6-2-1-3-7-16/h1-13,21,31-32H,14H2/b22-20-. The highest BCUT2D eigenvalue weighted by Crippen LogP contribution is 2.44. The fourth-order valence-electron chi connectivity index (χ4n) is 3.87. The molecule has 0 spiro atoms. The molecule has 36 heavy (non-hydrogen) atoms. The van der Waals surface area contributed by atoms with Crippen molar-refractivity contribution in [1.82, 2.24) is 10.2 Å². The SMILES string of the molecule is O=C1C(=O)N(c2nnc(SCc3ccccc3F)s2)C(c2ccc(O)cc2)/C1=C(/O)c1ccccc1. The summed E-state index contributed by atoms with van der Waals surface area (Å²) in [5.41, 5.74) is 1.30. The number of nitrogens with zero attached hydrogens (tertiary/aromatic N) is 3. The van der Waals surface area contributed by atoms with Crippen LogP contribution < -0.4 is 4.90 Å². The Hall–Kier alpha value is -4.02. The third-order valence-corrected chi connectivity index (χ3v) is 7.72. The molecule has 1 atom stereocenters. The minimum Gasteiger partial charge on any atom is -0.508 e. The number of phenols is 1. The van der Waals surface area contributed by atoms with Crippen LogP contribution in [-0.2, 0) is 15.3 Å². The van der Waals surface area contributed by atoms with Crippen LogP contribution in [0.4, 0.5) is 9.52 Å². The van der Waals surface area contributed by atoms with Crippen LogP contribution in [-0.4, -0.2) is 32.1 Å². The van der Waals surface area contributed by atoms with E-state index in [1.807, 2.05) is 0 Å². The van der Waals surface area contributed by atoms with E-state index in [2.05, 4.69) is 10.2 Å². The Kier molecular flexibility index (Phi) is 6.53. The number of Topliss-reactive ketones (excluding diaryl/α,β-unsaturated/α-hetero) is 1. The molecule has 10 heteroatoms. The molecule has 0 saturated carbocycles. The highest BCUT2D eigenvalue weighted by atomic mass is 32.2. The molecule has 1 saturated heterocycles. The molecule has 4 aromatic rings. The zero-order chi connectivity index (χ0) is 25.2. The fraction of sp³-hybridized carbons (Fsp3) is 0.0769. The van der Waals surface area contributed by atoms with Gasteiger partial charge in [-0.3, -0.25) is 14.5 Å². The second-order valence-corrected chi connectivity index (χ2v) is 10.0. The van der Waals surface area contributed by atoms with Crippen molar-refractivity contribution in [3.8, 4) is 5.75 Å². The van der Waals surface area contributed by atoms with E-state index in [0.717, 1.165) is 11.3 Å². The van der Waals surface area contributed by atoms with Crippen LogP contribution in [0.15, 0.2) is 88.8 Å². The molecule has 3 aromatic carbocycles. The van der Waals surface area contributed by atoms with Crippen molar-refractivity contribution in [1.29, 1.82) is 0 Å². The number of aromatic hydroxyl groups is 1. The highest BCUT2D eigenvalue weighted by molar-refractivity contribution is 8.00. The number of ketones is 1. The predicted molar refractivity (Wildman–Crippen MR) is 135 cm³/mol. The average molecular weight is 520 g/mol. The van der Waals surface area contributed by atoms with Crippen LogP contribution in [0.2, 0.25) is 0 Å². The number of carbonyl (C=O) groups is 2. The second-order valence-electron chi connectivity index (χ2n) is 7.86. The third kappa shape index (κ3) is 4.48. The van der Waals surface area contributed by atoms with Crippen molar-refractivity contribution < 1.29 is 24.2 Å². The number of phenolic OH excluding ortho intramolecular Hbond substituents is 1. The lowest BCUT2D eigenvalue weighted by atomic mass is 9.95. The van der Waals surface area contributed by atoms with E-state index < -0.39 is 17.7 Å². The summed E-state index contributed by atoms with van der Waals surface area (Å²) in [6.07, 6.45) is 0. The van der Waals surface area contributed by atoms with E-state index in [1.54, 1.807) is 60.7 Å². The highest BCUT2D eigenvalue weighted by Gasteiger charge is 2.48. The monoisotopic (exact) mass is 519 g/mol. The van der Waals surface area contributed by atoms with Gasteiger partial charge in [0, 0.05) is 11.3 Å². The number of carbonyl (C=O) groups excluding carboxylic acids is 2. The molecule has 0 aliphatic carbocycles. The van der Waals surface area contributed by atoms with Gasteiger partial charge in [-0.15, -0.1) is 10.2 Å². The molecule has 1 aliphatic heterocycles. The van der Waals surface area contributed by atoms with Crippen molar-refractivity contribution in [3.05, 3.63) is 107 Å². The van der Waals surface area contributed by atoms with Gasteiger partial charge in [0.15, 0.2) is 4.34 Å². The molecule has 2 heterocycles. The molecular formula is C26H18FN3O4S2. The Balaban J connectivity index is 1.54. The van der Waals surface area contributed by atoms with Gasteiger partial charge in [0.25, 0.3) is 5.78 Å². The molecular weight excluding hydrogens is 501 g/mol. The number of hydrogen-bond donors (Lipinski definition) is 2. The smallest absolute Gasteiger partial charge is 0.301 e. The van der Waals surface area contributed by atoms with E-state index in [1.165, 1.54) is 34.9 Å². The number of anilines is 1. The molecule has 1 unspecified atom stereocenters. The van der Waals surface area contributed by atoms with Gasteiger partial charge >= 0.3 is 5.91 Å². The molecule has 1 fully saturated rings. The summed E-state index contributed by atoms with van der Waals surface area (Å²) in [6, 6.07) is 19.9. The van der Waals surface area contributed by atoms with Gasteiger partial charge in [-0.1, -0.05) is 83.8 Å². The zero-order valence-corrected chi connectivity index (χ0v) is 20.2. The van der Waals surface area contributed by atoms with E-state index in [4.69, 9.17) is 0 Å². The summed E-state index contributed by atoms with van der Waals surface area (Å²) in [5.74, 6) is -2.02. The minimum atomic E-state index is -0.983. The van der Waals surface area contributed by atoms with Crippen LogP contribution in [0.25, 0.3) is 5.76 Å². The van der Waals surface area contributed by atoms with E-state index in [0.29, 0.717) is 26.8 Å². The van der Waals surface area contributed by atoms with Gasteiger partial charge in [0.2, 0.25) is 5.13 Å². The number of rotatable bonds is 6. The Bertz CT molecular complexity index is 1470. The van der Waals surface area contributed by atoms with Gasteiger partial charge in [-0.05, 0) is 29.3 Å². The van der Waals surface area contributed by atoms with Crippen LogP contribution in [0.1, 0.15) is 22.7 Å². The maximum Gasteiger partial charge on any atom is 0.301 e. The molecule has 180 valence electrons. The summed E-state index contributed by atoms with van der Waals surface area (Å²) in [5, 5.41) is 29.2. The minimum absolute atomic E-state index is 0.0153. The van der Waals surface area contributed by atoms with Crippen LogP contribution in [0.5, 0.6) is 5.75 Å². The average Bonchev–Trinajstić information content (AvgIpc) is 3.46. The van der Waals surface area contributed by atoms with Gasteiger partial charge in [0.05, 0.1) is 11.6 Å². The Morgan fingerprint density at radius 2 is 1.67 bits per heavy atom. The number of aromatic nitrogens is 2. The molecule has 7 nitrogen and oxygen atoms in total. The van der Waals surface area contributed by atoms with Gasteiger partial charge in [-0.25, -0.2) is 4.39 Å². The van der Waals surface area contributed by atoms with E-state index in [9.17, 15) is 24.2 Å². The van der Waals surface area contributed by atoms with Crippen LogP contribution in [0.3, 0.4) is 0 Å². The number of aliphatic hydroxyl groups is 1. The molecule has 1 aromatic heterocycles. The van der Waals surface area contributed by atoms with E-state index in [-0.39, 0.29) is 28.0 Å². The first-order valence-corrected chi connectivity index (χ1v) is 12.6. The maximum absolute atomic E-state index is 14.0. The van der Waals surface area contributed by atoms with Gasteiger partial charge in [0.1, 0.15) is 17.3 Å². The van der Waals surface area contributed by atoms with Crippen LogP contribution in [0, 0.1) is 5.82 Å². The first-order chi connectivity index (χ1) is 17.4. The first-order valence-electron chi connectivity index (χ1n) is 10.8. The Labute approximate surface area is 213 Å². The number of thioether (sulfide) groups is 1. The zero-order valence-electron chi connectivity index (χ0n) is 18.5. The molecule has 5 rings (SSSR count). The number of halogens is 1. The van der Waals surface area contributed by atoms with E-state index >= 15 is 0 Å². The van der Waals surface area contributed by atoms with Crippen LogP contribution >= 0.6 is 23.1 Å². The third-order valence-electron chi connectivity index (χ3n) is 5.61. The summed E-state index contributed by atoms with van der Waals surface area (Å²) >= 11 is 2.35. The first kappa shape index (κ1) is 23.7. The maximum atomic E-state index is 14.0. The van der Waals surface area contributed by atoms with Crippen molar-refractivity contribution in [2.45, 2.75) is 16.1 Å². The summed E-state index contributed by atoms with van der Waals surface area (Å²) in [7, 11) is 0. The number of aliphatic hydroxyl groups excluding tert-OH is 1. The fourth-order valence-corrected chi connectivity index (χ4v) is 5.72. The number of benzene rings is 3. The largest absolute Gasteiger partial charge is 0.508 e. The normalized spacial score (nSPS) is 17.0. The lowest BCUT2D eigenvalue weighted by molar-refractivity contribution is -0.132. The topological polar surface area (TPSA) is 104 Å². The lowest BCUT2D eigenvalue weighted by Gasteiger charge is -2.22.